The summed E-state index contributed by atoms with van der Waals surface area (Å²) in [6, 6.07) is 12.5. The fourth-order valence-corrected chi connectivity index (χ4v) is 5.20. The first kappa shape index (κ1) is 15.2. The highest BCUT2D eigenvalue weighted by Crippen LogP contribution is 2.43. The van der Waals surface area contributed by atoms with Gasteiger partial charge in [0, 0.05) is 17.6 Å². The summed E-state index contributed by atoms with van der Waals surface area (Å²) >= 11 is 0. The highest BCUT2D eigenvalue weighted by Gasteiger charge is 2.41. The molecule has 0 saturated heterocycles. The molecule has 2 aliphatic heterocycles. The first-order valence-corrected chi connectivity index (χ1v) is 9.28. The largest absolute Gasteiger partial charge is 0.326 e. The van der Waals surface area contributed by atoms with Gasteiger partial charge in [-0.05, 0) is 35.4 Å². The van der Waals surface area contributed by atoms with E-state index in [-0.39, 0.29) is 22.6 Å². The second-order valence-electron chi connectivity index (χ2n) is 6.96. The molecule has 0 saturated carbocycles. The van der Waals surface area contributed by atoms with E-state index < -0.39 is 10.0 Å². The van der Waals surface area contributed by atoms with Gasteiger partial charge in [-0.15, -0.1) is 0 Å². The van der Waals surface area contributed by atoms with Crippen molar-refractivity contribution in [1.29, 1.82) is 0 Å². The number of amides is 1. The van der Waals surface area contributed by atoms with Gasteiger partial charge in [-0.1, -0.05) is 32.0 Å². The number of sulfonamides is 1. The maximum absolute atomic E-state index is 13.2. The molecule has 1 amide bonds. The molecule has 2 aromatic carbocycles. The Labute approximate surface area is 141 Å². The van der Waals surface area contributed by atoms with Crippen LogP contribution < -0.4 is 9.62 Å². The Kier molecular flexibility index (Phi) is 3.06. The highest BCUT2D eigenvalue weighted by molar-refractivity contribution is 7.92. The minimum absolute atomic E-state index is 0.104. The summed E-state index contributed by atoms with van der Waals surface area (Å²) in [6.07, 6.45) is 0.223. The average Bonchev–Trinajstić information content (AvgIpc) is 3.04. The van der Waals surface area contributed by atoms with Crippen LogP contribution in [0.2, 0.25) is 0 Å². The molecule has 0 unspecified atom stereocenters. The molecule has 0 fully saturated rings. The zero-order valence-corrected chi connectivity index (χ0v) is 14.4. The van der Waals surface area contributed by atoms with E-state index >= 15 is 0 Å². The van der Waals surface area contributed by atoms with Gasteiger partial charge in [0.15, 0.2) is 0 Å². The van der Waals surface area contributed by atoms with Crippen LogP contribution in [0.5, 0.6) is 0 Å². The van der Waals surface area contributed by atoms with E-state index in [0.717, 1.165) is 16.8 Å². The maximum atomic E-state index is 13.2. The quantitative estimate of drug-likeness (QED) is 0.912. The zero-order chi connectivity index (χ0) is 17.1. The van der Waals surface area contributed by atoms with Crippen molar-refractivity contribution < 1.29 is 13.2 Å². The van der Waals surface area contributed by atoms with Gasteiger partial charge in [0.05, 0.1) is 17.0 Å². The second kappa shape index (κ2) is 4.83. The number of nitrogens with one attached hydrogen (secondary N) is 1. The number of carbonyl (C=O) groups is 1. The Balaban J connectivity index is 1.80. The molecule has 124 valence electrons. The molecule has 0 atom stereocenters. The maximum Gasteiger partial charge on any atom is 0.264 e. The van der Waals surface area contributed by atoms with Crippen LogP contribution in [-0.2, 0) is 26.7 Å². The van der Waals surface area contributed by atoms with Crippen molar-refractivity contribution in [3.8, 4) is 0 Å². The number of fused-ring (bicyclic) bond motifs is 2. The van der Waals surface area contributed by atoms with Crippen molar-refractivity contribution in [3.63, 3.8) is 0 Å². The Morgan fingerprint density at radius 2 is 1.88 bits per heavy atom. The van der Waals surface area contributed by atoms with Crippen LogP contribution >= 0.6 is 0 Å². The number of nitrogens with zero attached hydrogens (tertiary/aromatic N) is 1. The van der Waals surface area contributed by atoms with Gasteiger partial charge >= 0.3 is 0 Å². The molecule has 24 heavy (non-hydrogen) atoms. The minimum atomic E-state index is -3.67. The van der Waals surface area contributed by atoms with Crippen LogP contribution in [0.3, 0.4) is 0 Å². The number of hydrogen-bond donors (Lipinski definition) is 1. The molecule has 4 rings (SSSR count). The molecule has 0 bridgehead atoms. The van der Waals surface area contributed by atoms with Crippen LogP contribution in [0, 0.1) is 0 Å². The minimum Gasteiger partial charge on any atom is -0.326 e. The van der Waals surface area contributed by atoms with E-state index in [1.54, 1.807) is 18.2 Å². The Hall–Kier alpha value is -2.34. The molecular formula is C18H18N2O3S. The second-order valence-corrected chi connectivity index (χ2v) is 8.82. The molecule has 1 N–H and O–H groups in total. The number of carbonyl (C=O) groups excluding carboxylic acids is 1. The number of anilines is 2. The van der Waals surface area contributed by atoms with Crippen molar-refractivity contribution in [3.05, 3.63) is 53.6 Å². The van der Waals surface area contributed by atoms with Crippen LogP contribution in [-0.4, -0.2) is 20.9 Å². The van der Waals surface area contributed by atoms with Crippen molar-refractivity contribution in [2.75, 3.05) is 16.2 Å². The molecule has 2 aliphatic rings. The van der Waals surface area contributed by atoms with Crippen LogP contribution in [0.15, 0.2) is 47.4 Å². The monoisotopic (exact) mass is 342 g/mol. The van der Waals surface area contributed by atoms with Crippen LogP contribution in [0.25, 0.3) is 0 Å². The number of rotatable bonds is 2. The lowest BCUT2D eigenvalue weighted by Gasteiger charge is -2.22. The summed E-state index contributed by atoms with van der Waals surface area (Å²) in [6.45, 7) is 4.50. The average molecular weight is 342 g/mol. The first-order valence-electron chi connectivity index (χ1n) is 7.84. The number of para-hydroxylation sites is 1. The fourth-order valence-electron chi connectivity index (χ4n) is 3.50. The molecule has 5 nitrogen and oxygen atoms in total. The number of benzene rings is 2. The lowest BCUT2D eigenvalue weighted by Crippen LogP contribution is -2.34. The molecule has 0 spiro atoms. The van der Waals surface area contributed by atoms with Crippen LogP contribution in [0.4, 0.5) is 11.4 Å². The molecule has 0 aliphatic carbocycles. The predicted octanol–water partition coefficient (Wildman–Crippen LogP) is 2.67. The van der Waals surface area contributed by atoms with Gasteiger partial charge in [-0.3, -0.25) is 9.10 Å². The van der Waals surface area contributed by atoms with Gasteiger partial charge in [0.2, 0.25) is 5.91 Å². The summed E-state index contributed by atoms with van der Waals surface area (Å²) < 4.78 is 27.9. The summed E-state index contributed by atoms with van der Waals surface area (Å²) in [4.78, 5) is 11.7. The zero-order valence-electron chi connectivity index (χ0n) is 13.5. The normalized spacial score (nSPS) is 18.2. The van der Waals surface area contributed by atoms with Crippen LogP contribution in [0.1, 0.15) is 25.0 Å². The third-order valence-electron chi connectivity index (χ3n) is 4.73. The predicted molar refractivity (Wildman–Crippen MR) is 92.8 cm³/mol. The van der Waals surface area contributed by atoms with E-state index in [0.29, 0.717) is 12.2 Å². The van der Waals surface area contributed by atoms with E-state index in [4.69, 9.17) is 0 Å². The lowest BCUT2D eigenvalue weighted by molar-refractivity contribution is -0.115. The number of hydrogen-bond acceptors (Lipinski definition) is 3. The van der Waals surface area contributed by atoms with E-state index in [9.17, 15) is 13.2 Å². The van der Waals surface area contributed by atoms with Crippen molar-refractivity contribution in [2.24, 2.45) is 0 Å². The third kappa shape index (κ3) is 2.13. The summed E-state index contributed by atoms with van der Waals surface area (Å²) in [7, 11) is -3.67. The Morgan fingerprint density at radius 3 is 2.67 bits per heavy atom. The Bertz CT molecular complexity index is 964. The topological polar surface area (TPSA) is 66.5 Å². The van der Waals surface area contributed by atoms with E-state index in [1.807, 2.05) is 38.1 Å². The molecule has 6 heteroatoms. The van der Waals surface area contributed by atoms with Gasteiger partial charge in [0.1, 0.15) is 0 Å². The summed E-state index contributed by atoms with van der Waals surface area (Å²) in [5.74, 6) is -0.104. The Morgan fingerprint density at radius 1 is 1.12 bits per heavy atom. The van der Waals surface area contributed by atoms with Gasteiger partial charge in [0.25, 0.3) is 10.0 Å². The third-order valence-corrected chi connectivity index (χ3v) is 6.49. The first-order chi connectivity index (χ1) is 11.3. The molecular weight excluding hydrogens is 324 g/mol. The van der Waals surface area contributed by atoms with E-state index in [2.05, 4.69) is 5.32 Å². The molecule has 2 aromatic rings. The van der Waals surface area contributed by atoms with Crippen molar-refractivity contribution in [1.82, 2.24) is 0 Å². The molecule has 0 aromatic heterocycles. The highest BCUT2D eigenvalue weighted by atomic mass is 32.2. The lowest BCUT2D eigenvalue weighted by atomic mass is 9.87. The summed E-state index contributed by atoms with van der Waals surface area (Å²) in [5.41, 5.74) is 2.95. The SMILES string of the molecule is CC1(C)CN(S(=O)(=O)c2ccc3c(c2)CC(=O)N3)c2ccccc21. The van der Waals surface area contributed by atoms with Crippen molar-refractivity contribution >= 4 is 27.3 Å². The van der Waals surface area contributed by atoms with Gasteiger partial charge in [-0.25, -0.2) is 8.42 Å². The standard InChI is InChI=1S/C18H18N2O3S/c1-18(2)11-20(16-6-4-3-5-14(16)18)24(22,23)13-7-8-15-12(9-13)10-17(21)19-15/h3-9H,10-11H2,1-2H3,(H,19,21). The van der Waals surface area contributed by atoms with E-state index in [1.165, 1.54) is 4.31 Å². The molecule has 2 heterocycles. The fraction of sp³-hybridized carbons (Fsp3) is 0.278. The molecule has 0 radical (unpaired) electrons. The van der Waals surface area contributed by atoms with Crippen molar-refractivity contribution in [2.45, 2.75) is 30.6 Å². The summed E-state index contributed by atoms with van der Waals surface area (Å²) in [5, 5.41) is 2.73. The van der Waals surface area contributed by atoms with Gasteiger partial charge < -0.3 is 5.32 Å². The van der Waals surface area contributed by atoms with Gasteiger partial charge in [-0.2, -0.15) is 0 Å². The smallest absolute Gasteiger partial charge is 0.264 e.